The summed E-state index contributed by atoms with van der Waals surface area (Å²) in [5.74, 6) is -0.746. The van der Waals surface area contributed by atoms with Crippen LogP contribution in [0.3, 0.4) is 0 Å². The van der Waals surface area contributed by atoms with Crippen LogP contribution in [-0.4, -0.2) is 26.3 Å². The van der Waals surface area contributed by atoms with Crippen molar-refractivity contribution in [3.8, 4) is 5.75 Å². The van der Waals surface area contributed by atoms with Crippen molar-refractivity contribution in [3.05, 3.63) is 37.9 Å². The van der Waals surface area contributed by atoms with Gasteiger partial charge in [0.2, 0.25) is 5.75 Å². The second-order valence-corrected chi connectivity index (χ2v) is 3.59. The maximum Gasteiger partial charge on any atom is 0.318 e. The third-order valence-electron chi connectivity index (χ3n) is 1.89. The number of non-ortho nitro benzene ring substituents is 1. The van der Waals surface area contributed by atoms with E-state index in [-0.39, 0.29) is 10.7 Å². The van der Waals surface area contributed by atoms with Gasteiger partial charge in [-0.2, -0.15) is 5.10 Å². The van der Waals surface area contributed by atoms with Gasteiger partial charge in [0.25, 0.3) is 5.69 Å². The van der Waals surface area contributed by atoms with Crippen LogP contribution in [0.5, 0.6) is 5.75 Å². The maximum absolute atomic E-state index is 10.7. The summed E-state index contributed by atoms with van der Waals surface area (Å²) in [5, 5.41) is 34.1. The minimum absolute atomic E-state index is 0.171. The maximum atomic E-state index is 10.7. The van der Waals surface area contributed by atoms with Gasteiger partial charge in [0.05, 0.1) is 27.7 Å². The predicted molar refractivity (Wildman–Crippen MR) is 68.9 cm³/mol. The molecule has 0 spiro atoms. The summed E-state index contributed by atoms with van der Waals surface area (Å²) in [5.41, 5.74) is 5.65. The van der Waals surface area contributed by atoms with Crippen LogP contribution in [0.1, 0.15) is 5.56 Å². The Bertz CT molecular complexity index is 587. The smallest absolute Gasteiger partial charge is 0.318 e. The largest absolute Gasteiger partial charge is 0.502 e. The van der Waals surface area contributed by atoms with Gasteiger partial charge >= 0.3 is 5.69 Å². The van der Waals surface area contributed by atoms with E-state index in [1.165, 1.54) is 0 Å². The van der Waals surface area contributed by atoms with Crippen LogP contribution in [-0.2, 0) is 0 Å². The van der Waals surface area contributed by atoms with Gasteiger partial charge in [-0.25, -0.2) is 0 Å². The van der Waals surface area contributed by atoms with Crippen LogP contribution in [0.2, 0.25) is 0 Å². The SMILES string of the molecule is NC(=S)N/N=C/c1cc([N+](=O)[O-])cc([N+](=O)[O-])c1O. The van der Waals surface area contributed by atoms with Gasteiger partial charge in [-0.3, -0.25) is 25.7 Å². The summed E-state index contributed by atoms with van der Waals surface area (Å²) < 4.78 is 0. The molecule has 0 aliphatic carbocycles. The molecule has 100 valence electrons. The third-order valence-corrected chi connectivity index (χ3v) is 1.98. The minimum atomic E-state index is -0.944. The minimum Gasteiger partial charge on any atom is -0.502 e. The first-order valence-corrected chi connectivity index (χ1v) is 4.98. The second kappa shape index (κ2) is 5.68. The molecular formula is C8H7N5O5S. The number of nitro groups is 2. The van der Waals surface area contributed by atoms with Crippen molar-refractivity contribution in [2.45, 2.75) is 0 Å². The van der Waals surface area contributed by atoms with Crippen molar-refractivity contribution in [1.82, 2.24) is 5.43 Å². The summed E-state index contributed by atoms with van der Waals surface area (Å²) in [6, 6.07) is 1.57. The molecule has 0 radical (unpaired) electrons. The number of hydrogen-bond acceptors (Lipinski definition) is 7. The van der Waals surface area contributed by atoms with Gasteiger partial charge in [-0.15, -0.1) is 0 Å². The molecular weight excluding hydrogens is 278 g/mol. The van der Waals surface area contributed by atoms with Gasteiger partial charge in [0.15, 0.2) is 5.11 Å². The van der Waals surface area contributed by atoms with Crippen LogP contribution in [0.15, 0.2) is 17.2 Å². The topological polar surface area (TPSA) is 157 Å². The van der Waals surface area contributed by atoms with Crippen molar-refractivity contribution < 1.29 is 15.0 Å². The highest BCUT2D eigenvalue weighted by Crippen LogP contribution is 2.33. The van der Waals surface area contributed by atoms with E-state index >= 15 is 0 Å². The normalized spacial score (nSPS) is 10.3. The molecule has 0 saturated heterocycles. The van der Waals surface area contributed by atoms with Crippen molar-refractivity contribution in [1.29, 1.82) is 0 Å². The summed E-state index contributed by atoms with van der Waals surface area (Å²) >= 11 is 4.45. The van der Waals surface area contributed by atoms with Crippen molar-refractivity contribution in [3.63, 3.8) is 0 Å². The Morgan fingerprint density at radius 2 is 2.05 bits per heavy atom. The molecule has 0 aromatic heterocycles. The molecule has 1 rings (SSSR count). The number of nitrogens with one attached hydrogen (secondary N) is 1. The molecule has 0 fully saturated rings. The second-order valence-electron chi connectivity index (χ2n) is 3.15. The first kappa shape index (κ1) is 14.2. The fourth-order valence-corrected chi connectivity index (χ4v) is 1.19. The van der Waals surface area contributed by atoms with E-state index in [1.807, 2.05) is 0 Å². The van der Waals surface area contributed by atoms with E-state index in [0.29, 0.717) is 6.07 Å². The molecule has 10 nitrogen and oxygen atoms in total. The number of phenols is 1. The molecule has 1 aromatic rings. The molecule has 0 atom stereocenters. The first-order valence-electron chi connectivity index (χ1n) is 4.57. The fraction of sp³-hybridized carbons (Fsp3) is 0. The molecule has 0 aliphatic rings. The standard InChI is InChI=1S/C8H7N5O5S/c9-8(19)11-10-3-4-1-5(12(15)16)2-6(7(4)14)13(17)18/h1-3,14H,(H3,9,11,19)/b10-3+. The van der Waals surface area contributed by atoms with E-state index in [1.54, 1.807) is 0 Å². The van der Waals surface area contributed by atoms with Crippen LogP contribution >= 0.6 is 12.2 Å². The molecule has 0 amide bonds. The molecule has 0 aliphatic heterocycles. The number of hydrogen-bond donors (Lipinski definition) is 3. The fourth-order valence-electron chi connectivity index (χ4n) is 1.13. The monoisotopic (exact) mass is 285 g/mol. The lowest BCUT2D eigenvalue weighted by molar-refractivity contribution is -0.394. The third kappa shape index (κ3) is 3.57. The van der Waals surface area contributed by atoms with Crippen molar-refractivity contribution in [2.24, 2.45) is 10.8 Å². The molecule has 4 N–H and O–H groups in total. The molecule has 19 heavy (non-hydrogen) atoms. The van der Waals surface area contributed by atoms with E-state index in [2.05, 4.69) is 22.7 Å². The van der Waals surface area contributed by atoms with Crippen LogP contribution in [0, 0.1) is 20.2 Å². The number of rotatable bonds is 4. The number of nitrogens with zero attached hydrogens (tertiary/aromatic N) is 3. The van der Waals surface area contributed by atoms with E-state index in [0.717, 1.165) is 12.3 Å². The Balaban J connectivity index is 3.29. The first-order chi connectivity index (χ1) is 8.82. The molecule has 11 heteroatoms. The van der Waals surface area contributed by atoms with E-state index in [9.17, 15) is 25.3 Å². The summed E-state index contributed by atoms with van der Waals surface area (Å²) in [6.07, 6.45) is 0.925. The molecule has 0 saturated carbocycles. The Morgan fingerprint density at radius 1 is 1.42 bits per heavy atom. The van der Waals surface area contributed by atoms with Gasteiger partial charge < -0.3 is 10.8 Å². The van der Waals surface area contributed by atoms with Crippen LogP contribution < -0.4 is 11.2 Å². The number of aromatic hydroxyl groups is 1. The Labute approximate surface area is 110 Å². The Hall–Kier alpha value is -2.82. The summed E-state index contributed by atoms with van der Waals surface area (Å²) in [4.78, 5) is 19.5. The Morgan fingerprint density at radius 3 is 2.53 bits per heavy atom. The average molecular weight is 285 g/mol. The number of hydrazone groups is 1. The lowest BCUT2D eigenvalue weighted by atomic mass is 10.1. The van der Waals surface area contributed by atoms with Crippen LogP contribution in [0.25, 0.3) is 0 Å². The highest BCUT2D eigenvalue weighted by molar-refractivity contribution is 7.80. The highest BCUT2D eigenvalue weighted by atomic mass is 32.1. The lowest BCUT2D eigenvalue weighted by Gasteiger charge is -2.01. The summed E-state index contributed by atoms with van der Waals surface area (Å²) in [6.45, 7) is 0. The number of thiocarbonyl (C=S) groups is 1. The van der Waals surface area contributed by atoms with Gasteiger partial charge in [-0.05, 0) is 12.2 Å². The Kier molecular flexibility index (Phi) is 4.26. The van der Waals surface area contributed by atoms with E-state index in [4.69, 9.17) is 5.73 Å². The molecule has 1 aromatic carbocycles. The zero-order chi connectivity index (χ0) is 14.6. The number of benzene rings is 1. The number of nitro benzene ring substituents is 2. The zero-order valence-corrected chi connectivity index (χ0v) is 9.96. The quantitative estimate of drug-likeness (QED) is 0.310. The van der Waals surface area contributed by atoms with Gasteiger partial charge in [0, 0.05) is 6.07 Å². The van der Waals surface area contributed by atoms with Crippen LogP contribution in [0.4, 0.5) is 11.4 Å². The van der Waals surface area contributed by atoms with Crippen molar-refractivity contribution in [2.75, 3.05) is 0 Å². The average Bonchev–Trinajstić information content (AvgIpc) is 2.30. The molecule has 0 heterocycles. The summed E-state index contributed by atoms with van der Waals surface area (Å²) in [7, 11) is 0. The van der Waals surface area contributed by atoms with Gasteiger partial charge in [-0.1, -0.05) is 0 Å². The van der Waals surface area contributed by atoms with Crippen molar-refractivity contribution >= 4 is 34.9 Å². The lowest BCUT2D eigenvalue weighted by Crippen LogP contribution is -2.24. The number of phenolic OH excluding ortho intramolecular Hbond substituents is 1. The van der Waals surface area contributed by atoms with Gasteiger partial charge in [0.1, 0.15) is 0 Å². The highest BCUT2D eigenvalue weighted by Gasteiger charge is 2.22. The molecule has 0 bridgehead atoms. The zero-order valence-electron chi connectivity index (χ0n) is 9.14. The molecule has 0 unspecified atom stereocenters. The number of nitrogens with two attached hydrogens (primary N) is 1. The predicted octanol–water partition coefficient (Wildman–Crippen LogP) is 0.376. The van der Waals surface area contributed by atoms with E-state index < -0.39 is 27.0 Å².